The van der Waals surface area contributed by atoms with Gasteiger partial charge in [-0.2, -0.15) is 9.57 Å². The summed E-state index contributed by atoms with van der Waals surface area (Å²) in [6.07, 6.45) is 2.40. The van der Waals surface area contributed by atoms with E-state index in [9.17, 15) is 13.7 Å². The molecule has 0 amide bonds. The predicted octanol–water partition coefficient (Wildman–Crippen LogP) is 3.27. The average Bonchev–Trinajstić information content (AvgIpc) is 3.26. The molecular formula is C21H20N4O2S2. The first-order valence-corrected chi connectivity index (χ1v) is 11.5. The van der Waals surface area contributed by atoms with E-state index in [0.29, 0.717) is 25.1 Å². The van der Waals surface area contributed by atoms with E-state index < -0.39 is 10.0 Å². The quantitative estimate of drug-likeness (QED) is 0.628. The summed E-state index contributed by atoms with van der Waals surface area (Å²) in [5.41, 5.74) is 4.40. The molecule has 148 valence electrons. The van der Waals surface area contributed by atoms with Crippen LogP contribution in [0.2, 0.25) is 0 Å². The zero-order valence-electron chi connectivity index (χ0n) is 15.9. The van der Waals surface area contributed by atoms with Crippen LogP contribution in [0.15, 0.2) is 65.1 Å². The topological polar surface area (TPSA) is 77.3 Å². The van der Waals surface area contributed by atoms with Crippen molar-refractivity contribution in [3.05, 3.63) is 76.2 Å². The molecule has 1 atom stereocenters. The summed E-state index contributed by atoms with van der Waals surface area (Å²) in [4.78, 5) is 7.71. The number of likely N-dealkylation sites (N-methyl/N-ethyl adjacent to an activating group) is 1. The van der Waals surface area contributed by atoms with Gasteiger partial charge in [-0.05, 0) is 42.3 Å². The third-order valence-corrected chi connectivity index (χ3v) is 7.89. The molecule has 4 rings (SSSR count). The van der Waals surface area contributed by atoms with Crippen LogP contribution >= 0.6 is 11.3 Å². The Labute approximate surface area is 174 Å². The number of rotatable bonds is 5. The summed E-state index contributed by atoms with van der Waals surface area (Å²) in [7, 11) is -1.97. The van der Waals surface area contributed by atoms with Gasteiger partial charge in [-0.3, -0.25) is 4.98 Å². The summed E-state index contributed by atoms with van der Waals surface area (Å²) in [5.74, 6) is 0. The summed E-state index contributed by atoms with van der Waals surface area (Å²) in [6.45, 7) is 1.22. The van der Waals surface area contributed by atoms with Gasteiger partial charge in [-0.15, -0.1) is 11.3 Å². The smallest absolute Gasteiger partial charge is 0.243 e. The second kappa shape index (κ2) is 7.95. The zero-order valence-corrected chi connectivity index (χ0v) is 17.5. The molecule has 8 heteroatoms. The van der Waals surface area contributed by atoms with Gasteiger partial charge in [0.15, 0.2) is 0 Å². The zero-order chi connectivity index (χ0) is 20.4. The summed E-state index contributed by atoms with van der Waals surface area (Å²) in [5, 5.41) is 9.29. The van der Waals surface area contributed by atoms with Crippen molar-refractivity contribution in [1.82, 2.24) is 9.29 Å². The Morgan fingerprint density at radius 1 is 1.28 bits per heavy atom. The monoisotopic (exact) mass is 424 g/mol. The maximum atomic E-state index is 13.1. The Morgan fingerprint density at radius 3 is 2.76 bits per heavy atom. The number of hydrogen-bond donors (Lipinski definition) is 0. The molecule has 1 aliphatic rings. The number of anilines is 1. The SMILES string of the molecule is CN(C1Cc2cc(C#N)ccc2N(Cc2cncs2)C1)S(=O)(=O)c1ccccc1. The van der Waals surface area contributed by atoms with Crippen molar-refractivity contribution >= 4 is 27.0 Å². The fourth-order valence-electron chi connectivity index (χ4n) is 3.65. The Bertz CT molecular complexity index is 1140. The Morgan fingerprint density at radius 2 is 2.07 bits per heavy atom. The number of benzene rings is 2. The fraction of sp³-hybridized carbons (Fsp3) is 0.238. The molecule has 0 bridgehead atoms. The van der Waals surface area contributed by atoms with Crippen LogP contribution in [0.25, 0.3) is 0 Å². The van der Waals surface area contributed by atoms with E-state index in [4.69, 9.17) is 0 Å². The second-order valence-electron chi connectivity index (χ2n) is 7.00. The van der Waals surface area contributed by atoms with E-state index in [1.807, 2.05) is 24.4 Å². The molecule has 3 aromatic rings. The van der Waals surface area contributed by atoms with Crippen molar-refractivity contribution in [3.63, 3.8) is 0 Å². The molecule has 1 unspecified atom stereocenters. The number of nitrogens with zero attached hydrogens (tertiary/aromatic N) is 4. The van der Waals surface area contributed by atoms with Crippen molar-refractivity contribution in [2.75, 3.05) is 18.5 Å². The molecule has 2 aromatic carbocycles. The van der Waals surface area contributed by atoms with Gasteiger partial charge in [0.05, 0.1) is 28.6 Å². The van der Waals surface area contributed by atoms with E-state index in [1.54, 1.807) is 54.2 Å². The Kier molecular flexibility index (Phi) is 5.37. The van der Waals surface area contributed by atoms with Gasteiger partial charge in [-0.1, -0.05) is 18.2 Å². The lowest BCUT2D eigenvalue weighted by Crippen LogP contribution is -2.48. The van der Waals surface area contributed by atoms with Crippen molar-refractivity contribution in [3.8, 4) is 6.07 Å². The van der Waals surface area contributed by atoms with E-state index >= 15 is 0 Å². The van der Waals surface area contributed by atoms with E-state index in [1.165, 1.54) is 4.31 Å². The molecule has 0 aliphatic carbocycles. The minimum absolute atomic E-state index is 0.241. The van der Waals surface area contributed by atoms with Gasteiger partial charge < -0.3 is 4.90 Å². The molecule has 0 spiro atoms. The highest BCUT2D eigenvalue weighted by atomic mass is 32.2. The predicted molar refractivity (Wildman–Crippen MR) is 113 cm³/mol. The first-order chi connectivity index (χ1) is 14.0. The van der Waals surface area contributed by atoms with E-state index in [-0.39, 0.29) is 10.9 Å². The number of nitriles is 1. The third-order valence-electron chi connectivity index (χ3n) is 5.20. The molecule has 0 radical (unpaired) electrons. The van der Waals surface area contributed by atoms with Crippen molar-refractivity contribution in [2.45, 2.75) is 23.9 Å². The maximum absolute atomic E-state index is 13.1. The van der Waals surface area contributed by atoms with E-state index in [2.05, 4.69) is 16.0 Å². The van der Waals surface area contributed by atoms with Crippen LogP contribution < -0.4 is 4.90 Å². The van der Waals surface area contributed by atoms with Gasteiger partial charge >= 0.3 is 0 Å². The van der Waals surface area contributed by atoms with Crippen molar-refractivity contribution in [1.29, 1.82) is 5.26 Å². The standard InChI is InChI=1S/C21H20N4O2S2/c1-24(29(26,27)20-5-3-2-4-6-20)18-10-17-9-16(11-22)7-8-21(17)25(13-18)14-19-12-23-15-28-19/h2-9,12,15,18H,10,13-14H2,1H3. The summed E-state index contributed by atoms with van der Waals surface area (Å²) in [6, 6.07) is 16.1. The average molecular weight is 425 g/mol. The maximum Gasteiger partial charge on any atom is 0.243 e. The lowest BCUT2D eigenvalue weighted by molar-refractivity contribution is 0.354. The highest BCUT2D eigenvalue weighted by Gasteiger charge is 2.33. The molecule has 0 N–H and O–H groups in total. The molecule has 1 aromatic heterocycles. The molecule has 0 saturated carbocycles. The summed E-state index contributed by atoms with van der Waals surface area (Å²) >= 11 is 1.57. The second-order valence-corrected chi connectivity index (χ2v) is 9.96. The third kappa shape index (κ3) is 3.90. The van der Waals surface area contributed by atoms with Gasteiger partial charge in [0.25, 0.3) is 0 Å². The minimum atomic E-state index is -3.61. The number of thiazole rings is 1. The van der Waals surface area contributed by atoms with Gasteiger partial charge in [-0.25, -0.2) is 8.42 Å². The normalized spacial score (nSPS) is 16.4. The fourth-order valence-corrected chi connectivity index (χ4v) is 5.63. The van der Waals surface area contributed by atoms with Crippen LogP contribution in [0, 0.1) is 11.3 Å². The number of fused-ring (bicyclic) bond motifs is 1. The first-order valence-electron chi connectivity index (χ1n) is 9.17. The molecule has 2 heterocycles. The van der Waals surface area contributed by atoms with Crippen LogP contribution in [0.5, 0.6) is 0 Å². The van der Waals surface area contributed by atoms with Crippen molar-refractivity contribution < 1.29 is 8.42 Å². The molecule has 0 fully saturated rings. The first kappa shape index (κ1) is 19.6. The highest BCUT2D eigenvalue weighted by Crippen LogP contribution is 2.32. The van der Waals surface area contributed by atoms with Gasteiger partial charge in [0.1, 0.15) is 0 Å². The molecule has 29 heavy (non-hydrogen) atoms. The lowest BCUT2D eigenvalue weighted by atomic mass is 9.96. The lowest BCUT2D eigenvalue weighted by Gasteiger charge is -2.39. The van der Waals surface area contributed by atoms with Crippen LogP contribution in [-0.2, 0) is 23.0 Å². The molecular weight excluding hydrogens is 404 g/mol. The molecule has 6 nitrogen and oxygen atoms in total. The Balaban J connectivity index is 1.69. The number of hydrogen-bond acceptors (Lipinski definition) is 6. The van der Waals surface area contributed by atoms with Crippen LogP contribution in [0.3, 0.4) is 0 Å². The van der Waals surface area contributed by atoms with Crippen LogP contribution in [-0.4, -0.2) is 37.3 Å². The Hall–Kier alpha value is -2.73. The summed E-state index contributed by atoms with van der Waals surface area (Å²) < 4.78 is 27.7. The van der Waals surface area contributed by atoms with Gasteiger partial charge in [0, 0.05) is 36.4 Å². The van der Waals surface area contributed by atoms with Gasteiger partial charge in [0.2, 0.25) is 10.0 Å². The number of sulfonamides is 1. The molecule has 0 saturated heterocycles. The largest absolute Gasteiger partial charge is 0.364 e. The highest BCUT2D eigenvalue weighted by molar-refractivity contribution is 7.89. The minimum Gasteiger partial charge on any atom is -0.364 e. The van der Waals surface area contributed by atoms with Crippen LogP contribution in [0.1, 0.15) is 16.0 Å². The van der Waals surface area contributed by atoms with Crippen LogP contribution in [0.4, 0.5) is 5.69 Å². The van der Waals surface area contributed by atoms with Crippen molar-refractivity contribution in [2.24, 2.45) is 0 Å². The number of aromatic nitrogens is 1. The molecule has 1 aliphatic heterocycles. The van der Waals surface area contributed by atoms with E-state index in [0.717, 1.165) is 16.1 Å².